The van der Waals surface area contributed by atoms with Crippen molar-refractivity contribution < 1.29 is 26.9 Å². The minimum atomic E-state index is -3.93. The first-order valence-corrected chi connectivity index (χ1v) is 10.1. The van der Waals surface area contributed by atoms with Crippen LogP contribution in [0.3, 0.4) is 0 Å². The second-order valence-electron chi connectivity index (χ2n) is 5.93. The summed E-state index contributed by atoms with van der Waals surface area (Å²) in [6, 6.07) is 9.75. The van der Waals surface area contributed by atoms with Crippen molar-refractivity contribution in [3.05, 3.63) is 65.2 Å². The number of nitrogens with zero attached hydrogens (tertiary/aromatic N) is 2. The maximum Gasteiger partial charge on any atom is 0.324 e. The largest absolute Gasteiger partial charge is 0.456 e. The van der Waals surface area contributed by atoms with Gasteiger partial charge in [-0.15, -0.1) is 0 Å². The minimum absolute atomic E-state index is 0.0383. The Labute approximate surface area is 170 Å². The average molecular weight is 440 g/mol. The summed E-state index contributed by atoms with van der Waals surface area (Å²) in [5.74, 6) is -1.02. The number of carbonyl (C=O) groups excluding carboxylic acids is 1. The molecule has 0 radical (unpaired) electrons. The van der Waals surface area contributed by atoms with Crippen LogP contribution in [0.2, 0.25) is 5.02 Å². The molecule has 8 nitrogen and oxygen atoms in total. The molecule has 1 N–H and O–H groups in total. The van der Waals surface area contributed by atoms with E-state index in [1.54, 1.807) is 0 Å². The van der Waals surface area contributed by atoms with E-state index < -0.39 is 27.9 Å². The number of benzene rings is 2. The lowest BCUT2D eigenvalue weighted by molar-refractivity contribution is -0.146. The van der Waals surface area contributed by atoms with Crippen molar-refractivity contribution in [3.8, 4) is 11.5 Å². The van der Waals surface area contributed by atoms with Gasteiger partial charge in [-0.05, 0) is 55.5 Å². The molecular formula is C18H15ClFN3O5S. The Kier molecular flexibility index (Phi) is 6.26. The molecule has 0 aliphatic carbocycles. The van der Waals surface area contributed by atoms with Crippen LogP contribution in [0.1, 0.15) is 12.7 Å². The van der Waals surface area contributed by atoms with Gasteiger partial charge in [0, 0.05) is 10.6 Å². The maximum absolute atomic E-state index is 13.0. The molecule has 2 aromatic carbocycles. The third kappa shape index (κ3) is 5.37. The van der Waals surface area contributed by atoms with Crippen molar-refractivity contribution in [2.75, 3.05) is 0 Å². The van der Waals surface area contributed by atoms with Crippen molar-refractivity contribution in [2.24, 2.45) is 0 Å². The molecule has 29 heavy (non-hydrogen) atoms. The summed E-state index contributed by atoms with van der Waals surface area (Å²) in [5.41, 5.74) is 0.501. The lowest BCUT2D eigenvalue weighted by atomic mass is 10.2. The molecule has 1 aromatic heterocycles. The third-order valence-electron chi connectivity index (χ3n) is 3.71. The average Bonchev–Trinajstić information content (AvgIpc) is 3.15. The summed E-state index contributed by atoms with van der Waals surface area (Å²) in [7, 11) is -3.93. The van der Waals surface area contributed by atoms with E-state index >= 15 is 0 Å². The van der Waals surface area contributed by atoms with Crippen LogP contribution in [0.4, 0.5) is 4.39 Å². The van der Waals surface area contributed by atoms with E-state index in [-0.39, 0.29) is 23.2 Å². The lowest BCUT2D eigenvalue weighted by Gasteiger charge is -2.13. The highest BCUT2D eigenvalue weighted by Crippen LogP contribution is 2.18. The van der Waals surface area contributed by atoms with Gasteiger partial charge < -0.3 is 9.26 Å². The maximum atomic E-state index is 13.0. The van der Waals surface area contributed by atoms with Crippen LogP contribution in [0.5, 0.6) is 0 Å². The Morgan fingerprint density at radius 3 is 2.52 bits per heavy atom. The standard InChI is InChI=1S/C18H15ClFN3O5S/c1-11(23-29(25,26)15-8-4-13(19)5-9-15)18(24)27-10-16-21-17(28-22-16)12-2-6-14(20)7-3-12/h2-9,11,23H,10H2,1H3/t11-/m0/s1. The smallest absolute Gasteiger partial charge is 0.324 e. The minimum Gasteiger partial charge on any atom is -0.456 e. The zero-order chi connectivity index (χ0) is 21.0. The molecule has 3 rings (SSSR count). The molecule has 0 unspecified atom stereocenters. The van der Waals surface area contributed by atoms with Gasteiger partial charge in [0.15, 0.2) is 6.61 Å². The topological polar surface area (TPSA) is 111 Å². The first-order chi connectivity index (χ1) is 13.7. The summed E-state index contributed by atoms with van der Waals surface area (Å²) < 4.78 is 49.8. The van der Waals surface area contributed by atoms with Crippen molar-refractivity contribution in [1.29, 1.82) is 0 Å². The van der Waals surface area contributed by atoms with Crippen LogP contribution in [0.15, 0.2) is 57.9 Å². The first kappa shape index (κ1) is 20.9. The molecule has 1 heterocycles. The number of hydrogen-bond donors (Lipinski definition) is 1. The monoisotopic (exact) mass is 439 g/mol. The van der Waals surface area contributed by atoms with Gasteiger partial charge >= 0.3 is 5.97 Å². The highest BCUT2D eigenvalue weighted by molar-refractivity contribution is 7.89. The number of ether oxygens (including phenoxy) is 1. The Hall–Kier alpha value is -2.82. The van der Waals surface area contributed by atoms with Crippen LogP contribution >= 0.6 is 11.6 Å². The summed E-state index contributed by atoms with van der Waals surface area (Å²) in [6.45, 7) is 1.02. The van der Waals surface area contributed by atoms with E-state index in [2.05, 4.69) is 14.9 Å². The van der Waals surface area contributed by atoms with Gasteiger partial charge in [0.1, 0.15) is 11.9 Å². The summed E-state index contributed by atoms with van der Waals surface area (Å²) in [5, 5.41) is 4.05. The number of esters is 1. The molecule has 0 saturated carbocycles. The van der Waals surface area contributed by atoms with Crippen LogP contribution in [0.25, 0.3) is 11.5 Å². The molecule has 0 aliphatic heterocycles. The Bertz CT molecular complexity index is 1100. The number of rotatable bonds is 7. The lowest BCUT2D eigenvalue weighted by Crippen LogP contribution is -2.39. The van der Waals surface area contributed by atoms with E-state index in [0.717, 1.165) is 0 Å². The molecule has 0 amide bonds. The van der Waals surface area contributed by atoms with Crippen LogP contribution in [-0.4, -0.2) is 30.6 Å². The van der Waals surface area contributed by atoms with E-state index in [1.165, 1.54) is 55.5 Å². The Morgan fingerprint density at radius 1 is 1.21 bits per heavy atom. The normalized spacial score (nSPS) is 12.5. The van der Waals surface area contributed by atoms with Gasteiger partial charge in [-0.25, -0.2) is 12.8 Å². The predicted octanol–water partition coefficient (Wildman–Crippen LogP) is 2.94. The Morgan fingerprint density at radius 2 is 1.86 bits per heavy atom. The van der Waals surface area contributed by atoms with Gasteiger partial charge in [-0.3, -0.25) is 4.79 Å². The second kappa shape index (κ2) is 8.68. The summed E-state index contributed by atoms with van der Waals surface area (Å²) in [4.78, 5) is 16.1. The number of sulfonamides is 1. The number of hydrogen-bond acceptors (Lipinski definition) is 7. The molecule has 0 spiro atoms. The molecule has 1 atom stereocenters. The molecule has 0 bridgehead atoms. The number of halogens is 2. The van der Waals surface area contributed by atoms with Crippen molar-refractivity contribution in [3.63, 3.8) is 0 Å². The molecule has 3 aromatic rings. The molecular weight excluding hydrogens is 425 g/mol. The second-order valence-corrected chi connectivity index (χ2v) is 8.08. The van der Waals surface area contributed by atoms with Crippen molar-refractivity contribution in [2.45, 2.75) is 24.5 Å². The van der Waals surface area contributed by atoms with E-state index in [1.807, 2.05) is 0 Å². The predicted molar refractivity (Wildman–Crippen MR) is 101 cm³/mol. The fraction of sp³-hybridized carbons (Fsp3) is 0.167. The van der Waals surface area contributed by atoms with Crippen LogP contribution < -0.4 is 4.72 Å². The quantitative estimate of drug-likeness (QED) is 0.563. The molecule has 11 heteroatoms. The van der Waals surface area contributed by atoms with Crippen LogP contribution in [-0.2, 0) is 26.2 Å². The number of carbonyl (C=O) groups is 1. The first-order valence-electron chi connectivity index (χ1n) is 8.27. The van der Waals surface area contributed by atoms with E-state index in [0.29, 0.717) is 10.6 Å². The van der Waals surface area contributed by atoms with E-state index in [9.17, 15) is 17.6 Å². The third-order valence-corrected chi connectivity index (χ3v) is 5.52. The van der Waals surface area contributed by atoms with Gasteiger partial charge in [-0.1, -0.05) is 16.8 Å². The summed E-state index contributed by atoms with van der Waals surface area (Å²) >= 11 is 5.74. The van der Waals surface area contributed by atoms with Crippen LogP contribution in [0, 0.1) is 5.82 Å². The van der Waals surface area contributed by atoms with Gasteiger partial charge in [0.25, 0.3) is 5.89 Å². The highest BCUT2D eigenvalue weighted by Gasteiger charge is 2.23. The zero-order valence-electron chi connectivity index (χ0n) is 15.0. The molecule has 0 fully saturated rings. The summed E-state index contributed by atoms with van der Waals surface area (Å²) in [6.07, 6.45) is 0. The fourth-order valence-corrected chi connectivity index (χ4v) is 3.56. The number of aromatic nitrogens is 2. The zero-order valence-corrected chi connectivity index (χ0v) is 16.6. The molecule has 152 valence electrons. The SMILES string of the molecule is C[C@H](NS(=O)(=O)c1ccc(Cl)cc1)C(=O)OCc1noc(-c2ccc(F)cc2)n1. The Balaban J connectivity index is 1.57. The van der Waals surface area contributed by atoms with Gasteiger partial charge in [0.05, 0.1) is 4.90 Å². The molecule has 0 saturated heterocycles. The van der Waals surface area contributed by atoms with Gasteiger partial charge in [0.2, 0.25) is 15.8 Å². The van der Waals surface area contributed by atoms with Crippen molar-refractivity contribution >= 4 is 27.6 Å². The number of nitrogens with one attached hydrogen (secondary N) is 1. The molecule has 0 aliphatic rings. The fourth-order valence-electron chi connectivity index (χ4n) is 2.25. The van der Waals surface area contributed by atoms with E-state index in [4.69, 9.17) is 20.9 Å². The van der Waals surface area contributed by atoms with Gasteiger partial charge in [-0.2, -0.15) is 9.71 Å². The highest BCUT2D eigenvalue weighted by atomic mass is 35.5. The van der Waals surface area contributed by atoms with Crippen molar-refractivity contribution in [1.82, 2.24) is 14.9 Å².